The Balaban J connectivity index is 1.98. The summed E-state index contributed by atoms with van der Waals surface area (Å²) in [5.41, 5.74) is 7.65. The summed E-state index contributed by atoms with van der Waals surface area (Å²) in [5, 5.41) is 1.20. The second kappa shape index (κ2) is 7.64. The van der Waals surface area contributed by atoms with Crippen LogP contribution in [0.3, 0.4) is 0 Å². The van der Waals surface area contributed by atoms with Crippen LogP contribution < -0.4 is 10.5 Å². The molecule has 112 valence electrons. The summed E-state index contributed by atoms with van der Waals surface area (Å²) in [5.74, 6) is 0.680. The molecular formula is C16H18Cl2N2O. The molecule has 0 saturated carbocycles. The van der Waals surface area contributed by atoms with E-state index in [9.17, 15) is 0 Å². The van der Waals surface area contributed by atoms with Crippen molar-refractivity contribution in [2.75, 3.05) is 0 Å². The summed E-state index contributed by atoms with van der Waals surface area (Å²) in [7, 11) is 0. The number of rotatable bonds is 6. The van der Waals surface area contributed by atoms with E-state index in [-0.39, 0.29) is 6.04 Å². The zero-order valence-electron chi connectivity index (χ0n) is 11.9. The first-order valence-electron chi connectivity index (χ1n) is 6.86. The van der Waals surface area contributed by atoms with Gasteiger partial charge in [-0.15, -0.1) is 0 Å². The van der Waals surface area contributed by atoms with E-state index in [1.165, 1.54) is 0 Å². The average molecular weight is 325 g/mol. The fraction of sp³-hybridized carbons (Fsp3) is 0.312. The van der Waals surface area contributed by atoms with Crippen LogP contribution in [0.5, 0.6) is 5.75 Å². The van der Waals surface area contributed by atoms with Gasteiger partial charge >= 0.3 is 0 Å². The maximum atomic E-state index is 6.10. The second-order valence-corrected chi connectivity index (χ2v) is 5.66. The Kier molecular flexibility index (Phi) is 5.85. The lowest BCUT2D eigenvalue weighted by Crippen LogP contribution is -2.21. The third-order valence-corrected chi connectivity index (χ3v) is 3.95. The molecule has 2 N–H and O–H groups in total. The lowest BCUT2D eigenvalue weighted by atomic mass is 10.1. The maximum absolute atomic E-state index is 6.10. The highest BCUT2D eigenvalue weighted by Crippen LogP contribution is 2.25. The van der Waals surface area contributed by atoms with Crippen molar-refractivity contribution in [1.29, 1.82) is 0 Å². The normalized spacial score (nSPS) is 12.2. The molecule has 0 aliphatic heterocycles. The van der Waals surface area contributed by atoms with E-state index in [1.54, 1.807) is 18.3 Å². The Hall–Kier alpha value is -1.29. The largest absolute Gasteiger partial charge is 0.487 e. The zero-order chi connectivity index (χ0) is 15.2. The van der Waals surface area contributed by atoms with Crippen LogP contribution in [0.25, 0.3) is 0 Å². The van der Waals surface area contributed by atoms with Gasteiger partial charge in [-0.3, -0.25) is 4.98 Å². The Bertz CT molecular complexity index is 567. The molecule has 1 atom stereocenters. The Morgan fingerprint density at radius 1 is 1.19 bits per heavy atom. The topological polar surface area (TPSA) is 48.1 Å². The van der Waals surface area contributed by atoms with Crippen molar-refractivity contribution in [3.05, 3.63) is 57.8 Å². The first-order chi connectivity index (χ1) is 10.1. The molecule has 3 nitrogen and oxygen atoms in total. The molecule has 0 radical (unpaired) electrons. The van der Waals surface area contributed by atoms with Gasteiger partial charge in [-0.25, -0.2) is 0 Å². The molecule has 0 aliphatic carbocycles. The number of benzene rings is 1. The van der Waals surface area contributed by atoms with Crippen LogP contribution in [0.4, 0.5) is 0 Å². The molecule has 21 heavy (non-hydrogen) atoms. The molecule has 2 rings (SSSR count). The van der Waals surface area contributed by atoms with E-state index in [0.717, 1.165) is 24.1 Å². The van der Waals surface area contributed by atoms with E-state index < -0.39 is 0 Å². The van der Waals surface area contributed by atoms with Gasteiger partial charge in [0.1, 0.15) is 12.4 Å². The molecule has 1 aromatic carbocycles. The zero-order valence-corrected chi connectivity index (χ0v) is 13.4. The summed E-state index contributed by atoms with van der Waals surface area (Å²) in [4.78, 5) is 4.35. The van der Waals surface area contributed by atoms with Crippen molar-refractivity contribution >= 4 is 23.2 Å². The monoisotopic (exact) mass is 324 g/mol. The number of aromatic nitrogens is 1. The van der Waals surface area contributed by atoms with Crippen LogP contribution >= 0.6 is 23.2 Å². The van der Waals surface area contributed by atoms with Crippen LogP contribution in [0.15, 0.2) is 36.5 Å². The van der Waals surface area contributed by atoms with Crippen LogP contribution in [0.2, 0.25) is 10.0 Å². The molecule has 1 unspecified atom stereocenters. The molecule has 0 fully saturated rings. The molecular weight excluding hydrogens is 307 g/mol. The molecule has 2 aromatic rings. The molecule has 0 saturated heterocycles. The summed E-state index contributed by atoms with van der Waals surface area (Å²) < 4.78 is 5.68. The number of hydrogen-bond acceptors (Lipinski definition) is 3. The lowest BCUT2D eigenvalue weighted by Gasteiger charge is -2.11. The predicted octanol–water partition coefficient (Wildman–Crippen LogP) is 4.25. The van der Waals surface area contributed by atoms with Gasteiger partial charge in [-0.1, -0.05) is 36.2 Å². The van der Waals surface area contributed by atoms with E-state index in [1.807, 2.05) is 18.2 Å². The standard InChI is InChI=1S/C16H18Cl2N2O/c1-2-11(19)8-12-6-7-13(9-20-12)21-10-14-15(17)4-3-5-16(14)18/h3-7,9,11H,2,8,10,19H2,1H3. The minimum atomic E-state index is 0.145. The Labute approximate surface area is 135 Å². The molecule has 0 amide bonds. The fourth-order valence-electron chi connectivity index (χ4n) is 1.86. The first-order valence-corrected chi connectivity index (χ1v) is 7.62. The number of halogens is 2. The highest BCUT2D eigenvalue weighted by Gasteiger charge is 2.07. The van der Waals surface area contributed by atoms with Crippen molar-refractivity contribution in [2.45, 2.75) is 32.4 Å². The van der Waals surface area contributed by atoms with Gasteiger partial charge in [0.2, 0.25) is 0 Å². The molecule has 1 heterocycles. The number of nitrogens with two attached hydrogens (primary N) is 1. The van der Waals surface area contributed by atoms with Gasteiger partial charge in [-0.2, -0.15) is 0 Å². The molecule has 5 heteroatoms. The second-order valence-electron chi connectivity index (χ2n) is 4.85. The summed E-state index contributed by atoms with van der Waals surface area (Å²) in [6.07, 6.45) is 3.40. The Morgan fingerprint density at radius 2 is 1.90 bits per heavy atom. The number of ether oxygens (including phenoxy) is 1. The summed E-state index contributed by atoms with van der Waals surface area (Å²) >= 11 is 12.2. The average Bonchev–Trinajstić information content (AvgIpc) is 2.48. The number of hydrogen-bond donors (Lipinski definition) is 1. The number of pyridine rings is 1. The third kappa shape index (κ3) is 4.60. The van der Waals surface area contributed by atoms with Crippen molar-refractivity contribution in [3.63, 3.8) is 0 Å². The third-order valence-electron chi connectivity index (χ3n) is 3.24. The molecule has 0 aliphatic rings. The van der Waals surface area contributed by atoms with E-state index in [0.29, 0.717) is 22.4 Å². The maximum Gasteiger partial charge on any atom is 0.138 e. The predicted molar refractivity (Wildman–Crippen MR) is 87.0 cm³/mol. The highest BCUT2D eigenvalue weighted by molar-refractivity contribution is 6.35. The van der Waals surface area contributed by atoms with Crippen molar-refractivity contribution < 1.29 is 4.74 Å². The van der Waals surface area contributed by atoms with Crippen molar-refractivity contribution in [1.82, 2.24) is 4.98 Å². The smallest absolute Gasteiger partial charge is 0.138 e. The van der Waals surface area contributed by atoms with Crippen molar-refractivity contribution in [2.24, 2.45) is 5.73 Å². The van der Waals surface area contributed by atoms with E-state index in [2.05, 4.69) is 11.9 Å². The van der Waals surface area contributed by atoms with Crippen molar-refractivity contribution in [3.8, 4) is 5.75 Å². The minimum Gasteiger partial charge on any atom is -0.487 e. The SMILES string of the molecule is CCC(N)Cc1ccc(OCc2c(Cl)cccc2Cl)cn1. The number of nitrogens with zero attached hydrogens (tertiary/aromatic N) is 1. The summed E-state index contributed by atoms with van der Waals surface area (Å²) in [6, 6.07) is 9.35. The van der Waals surface area contributed by atoms with Gasteiger partial charge in [0, 0.05) is 33.8 Å². The van der Waals surface area contributed by atoms with E-state index in [4.69, 9.17) is 33.7 Å². The summed E-state index contributed by atoms with van der Waals surface area (Å²) in [6.45, 7) is 2.38. The van der Waals surface area contributed by atoms with E-state index >= 15 is 0 Å². The molecule has 1 aromatic heterocycles. The van der Waals surface area contributed by atoms with Gasteiger partial charge in [-0.05, 0) is 30.7 Å². The quantitative estimate of drug-likeness (QED) is 0.864. The fourth-order valence-corrected chi connectivity index (χ4v) is 2.36. The van der Waals surface area contributed by atoms with Gasteiger partial charge in [0.15, 0.2) is 0 Å². The van der Waals surface area contributed by atoms with Gasteiger partial charge in [0.05, 0.1) is 6.20 Å². The highest BCUT2D eigenvalue weighted by atomic mass is 35.5. The minimum absolute atomic E-state index is 0.145. The molecule has 0 spiro atoms. The van der Waals surface area contributed by atoms with Crippen LogP contribution in [-0.2, 0) is 13.0 Å². The lowest BCUT2D eigenvalue weighted by molar-refractivity contribution is 0.305. The molecule has 0 bridgehead atoms. The Morgan fingerprint density at radius 3 is 2.48 bits per heavy atom. The first kappa shape index (κ1) is 16.1. The van der Waals surface area contributed by atoms with Gasteiger partial charge in [0.25, 0.3) is 0 Å². The van der Waals surface area contributed by atoms with Gasteiger partial charge < -0.3 is 10.5 Å². The van der Waals surface area contributed by atoms with Crippen LogP contribution in [0.1, 0.15) is 24.6 Å². The van der Waals surface area contributed by atoms with Crippen LogP contribution in [0, 0.1) is 0 Å². The van der Waals surface area contributed by atoms with Crippen LogP contribution in [-0.4, -0.2) is 11.0 Å².